The molecule has 0 amide bonds. The molecule has 11 heteroatoms. The van der Waals surface area contributed by atoms with Gasteiger partial charge in [-0.1, -0.05) is 6.07 Å². The van der Waals surface area contributed by atoms with E-state index in [1.54, 1.807) is 0 Å². The van der Waals surface area contributed by atoms with Gasteiger partial charge in [0.15, 0.2) is 17.6 Å². The van der Waals surface area contributed by atoms with Gasteiger partial charge in [-0.15, -0.1) is 0 Å². The van der Waals surface area contributed by atoms with Gasteiger partial charge in [-0.25, -0.2) is 0 Å². The zero-order valence-electron chi connectivity index (χ0n) is 19.5. The number of carbonyl (C=O) groups is 5. The number of ketones is 1. The summed E-state index contributed by atoms with van der Waals surface area (Å²) in [6, 6.07) is 6.79. The lowest BCUT2D eigenvalue weighted by Crippen LogP contribution is -2.39. The highest BCUT2D eigenvalue weighted by Gasteiger charge is 2.43. The van der Waals surface area contributed by atoms with Crippen molar-refractivity contribution in [2.75, 3.05) is 7.11 Å². The van der Waals surface area contributed by atoms with Crippen LogP contribution in [0.25, 0.3) is 0 Å². The Labute approximate surface area is 199 Å². The second kappa shape index (κ2) is 10.2. The van der Waals surface area contributed by atoms with Crippen molar-refractivity contribution in [3.8, 4) is 28.7 Å². The Bertz CT molecular complexity index is 1210. The molecule has 2 unspecified atom stereocenters. The van der Waals surface area contributed by atoms with Crippen LogP contribution in [0.4, 0.5) is 0 Å². The van der Waals surface area contributed by atoms with Gasteiger partial charge in [0.05, 0.1) is 7.11 Å². The van der Waals surface area contributed by atoms with Crippen LogP contribution in [0.1, 0.15) is 49.7 Å². The summed E-state index contributed by atoms with van der Waals surface area (Å²) in [5, 5.41) is 0. The van der Waals surface area contributed by atoms with Gasteiger partial charge in [0.25, 0.3) is 0 Å². The van der Waals surface area contributed by atoms with Crippen LogP contribution in [-0.2, 0) is 23.9 Å². The SMILES string of the molecule is COc1cc(OC(C)=O)cc2c1C(=O)C(OC(C)=O)C(c1ccc(OC(C)=O)c(OC(C)=O)c1)O2. The van der Waals surface area contributed by atoms with E-state index in [4.69, 9.17) is 28.4 Å². The van der Waals surface area contributed by atoms with Crippen LogP contribution in [0, 0.1) is 0 Å². The lowest BCUT2D eigenvalue weighted by molar-refractivity contribution is -0.149. The molecule has 11 nitrogen and oxygen atoms in total. The molecule has 0 radical (unpaired) electrons. The smallest absolute Gasteiger partial charge is 0.308 e. The summed E-state index contributed by atoms with van der Waals surface area (Å²) in [7, 11) is 1.31. The average molecular weight is 486 g/mol. The van der Waals surface area contributed by atoms with E-state index in [9.17, 15) is 24.0 Å². The quantitative estimate of drug-likeness (QED) is 0.439. The number of benzene rings is 2. The minimum absolute atomic E-state index is 0.0112. The standard InChI is InChI=1S/C24H22O11/c1-11(25)31-16-9-19(30-5)21-20(10-16)35-23(24(22(21)29)34-14(4)28)15-6-7-17(32-12(2)26)18(8-15)33-13(3)27/h6-10,23-24H,1-5H3. The molecule has 0 N–H and O–H groups in total. The largest absolute Gasteiger partial charge is 0.496 e. The minimum atomic E-state index is -1.43. The van der Waals surface area contributed by atoms with Gasteiger partial charge in [0.1, 0.15) is 22.8 Å². The Morgan fingerprint density at radius 2 is 1.40 bits per heavy atom. The number of methoxy groups -OCH3 is 1. The number of carbonyl (C=O) groups excluding carboxylic acids is 5. The fourth-order valence-corrected chi connectivity index (χ4v) is 3.48. The summed E-state index contributed by atoms with van der Waals surface area (Å²) in [5.74, 6) is -3.33. The first kappa shape index (κ1) is 25.2. The molecule has 0 fully saturated rings. The van der Waals surface area contributed by atoms with Crippen molar-refractivity contribution in [2.45, 2.75) is 39.9 Å². The maximum atomic E-state index is 13.4. The third-order valence-electron chi connectivity index (χ3n) is 4.65. The molecule has 2 aromatic carbocycles. The van der Waals surface area contributed by atoms with Crippen LogP contribution in [0.2, 0.25) is 0 Å². The highest BCUT2D eigenvalue weighted by molar-refractivity contribution is 6.06. The van der Waals surface area contributed by atoms with E-state index < -0.39 is 41.9 Å². The molecular weight excluding hydrogens is 464 g/mol. The molecule has 0 aliphatic carbocycles. The summed E-state index contributed by atoms with van der Waals surface area (Å²) in [5.41, 5.74) is 0.252. The maximum absolute atomic E-state index is 13.4. The Kier molecular flexibility index (Phi) is 7.38. The second-order valence-electron chi connectivity index (χ2n) is 7.42. The zero-order chi connectivity index (χ0) is 25.9. The van der Waals surface area contributed by atoms with Gasteiger partial charge < -0.3 is 28.4 Å². The summed E-state index contributed by atoms with van der Waals surface area (Å²) in [6.45, 7) is 4.68. The highest BCUT2D eigenvalue weighted by Crippen LogP contribution is 2.44. The fourth-order valence-electron chi connectivity index (χ4n) is 3.48. The summed E-state index contributed by atoms with van der Waals surface area (Å²) in [6.07, 6.45) is -2.63. The number of fused-ring (bicyclic) bond motifs is 1. The molecule has 35 heavy (non-hydrogen) atoms. The number of Topliss-reactive ketones (excluding diaryl/α,β-unsaturated/α-hetero) is 1. The van der Waals surface area contributed by atoms with Gasteiger partial charge in [-0.2, -0.15) is 0 Å². The number of esters is 4. The monoisotopic (exact) mass is 486 g/mol. The van der Waals surface area contributed by atoms with Crippen molar-refractivity contribution in [3.05, 3.63) is 41.5 Å². The predicted octanol–water partition coefficient (Wildman–Crippen LogP) is 2.72. The second-order valence-corrected chi connectivity index (χ2v) is 7.42. The van der Waals surface area contributed by atoms with Crippen LogP contribution in [0.15, 0.2) is 30.3 Å². The van der Waals surface area contributed by atoms with Crippen LogP contribution in [0.5, 0.6) is 28.7 Å². The van der Waals surface area contributed by atoms with Gasteiger partial charge in [0, 0.05) is 45.4 Å². The van der Waals surface area contributed by atoms with Crippen molar-refractivity contribution < 1.29 is 52.4 Å². The van der Waals surface area contributed by atoms with Gasteiger partial charge >= 0.3 is 23.9 Å². The van der Waals surface area contributed by atoms with Crippen LogP contribution < -0.4 is 23.7 Å². The predicted molar refractivity (Wildman–Crippen MR) is 117 cm³/mol. The first-order chi connectivity index (χ1) is 16.5. The first-order valence-electron chi connectivity index (χ1n) is 10.3. The molecule has 2 aromatic rings. The molecule has 184 valence electrons. The van der Waals surface area contributed by atoms with E-state index in [2.05, 4.69) is 0 Å². The molecule has 1 heterocycles. The van der Waals surface area contributed by atoms with Crippen molar-refractivity contribution in [3.63, 3.8) is 0 Å². The number of ether oxygens (including phenoxy) is 6. The third kappa shape index (κ3) is 5.75. The number of hydrogen-bond acceptors (Lipinski definition) is 11. The number of rotatable bonds is 6. The summed E-state index contributed by atoms with van der Waals surface area (Å²) in [4.78, 5) is 59.7. The molecule has 1 aliphatic heterocycles. The zero-order valence-corrected chi connectivity index (χ0v) is 19.5. The highest BCUT2D eigenvalue weighted by atomic mass is 16.6. The molecule has 0 saturated heterocycles. The van der Waals surface area contributed by atoms with E-state index in [1.165, 1.54) is 51.3 Å². The molecule has 2 atom stereocenters. The van der Waals surface area contributed by atoms with Gasteiger partial charge in [-0.3, -0.25) is 24.0 Å². The Hall–Kier alpha value is -4.41. The van der Waals surface area contributed by atoms with E-state index >= 15 is 0 Å². The summed E-state index contributed by atoms with van der Waals surface area (Å²) >= 11 is 0. The topological polar surface area (TPSA) is 141 Å². The van der Waals surface area contributed by atoms with Crippen molar-refractivity contribution in [2.24, 2.45) is 0 Å². The van der Waals surface area contributed by atoms with Crippen LogP contribution >= 0.6 is 0 Å². The van der Waals surface area contributed by atoms with E-state index in [1.807, 2.05) is 0 Å². The third-order valence-corrected chi connectivity index (χ3v) is 4.65. The lowest BCUT2D eigenvalue weighted by atomic mass is 9.92. The molecular formula is C24H22O11. The number of hydrogen-bond donors (Lipinski definition) is 0. The Morgan fingerprint density at radius 1 is 0.771 bits per heavy atom. The average Bonchev–Trinajstić information content (AvgIpc) is 2.74. The van der Waals surface area contributed by atoms with Crippen molar-refractivity contribution >= 4 is 29.7 Å². The van der Waals surface area contributed by atoms with Crippen molar-refractivity contribution in [1.29, 1.82) is 0 Å². The van der Waals surface area contributed by atoms with Crippen LogP contribution in [0.3, 0.4) is 0 Å². The van der Waals surface area contributed by atoms with E-state index in [-0.39, 0.29) is 39.9 Å². The van der Waals surface area contributed by atoms with Gasteiger partial charge in [0.2, 0.25) is 11.9 Å². The maximum Gasteiger partial charge on any atom is 0.308 e. The van der Waals surface area contributed by atoms with Crippen LogP contribution in [-0.4, -0.2) is 42.9 Å². The van der Waals surface area contributed by atoms with E-state index in [0.29, 0.717) is 0 Å². The minimum Gasteiger partial charge on any atom is -0.496 e. The van der Waals surface area contributed by atoms with Gasteiger partial charge in [-0.05, 0) is 12.1 Å². The molecule has 3 rings (SSSR count). The molecule has 0 spiro atoms. The fraction of sp³-hybridized carbons (Fsp3) is 0.292. The molecule has 0 saturated carbocycles. The normalized spacial score (nSPS) is 16.3. The molecule has 0 bridgehead atoms. The Balaban J connectivity index is 2.15. The molecule has 0 aromatic heterocycles. The van der Waals surface area contributed by atoms with Crippen molar-refractivity contribution in [1.82, 2.24) is 0 Å². The molecule has 1 aliphatic rings. The van der Waals surface area contributed by atoms with E-state index in [0.717, 1.165) is 13.8 Å². The first-order valence-corrected chi connectivity index (χ1v) is 10.3. The summed E-state index contributed by atoms with van der Waals surface area (Å²) < 4.78 is 31.9. The Morgan fingerprint density at radius 3 is 1.97 bits per heavy atom. The lowest BCUT2D eigenvalue weighted by Gasteiger charge is -2.33.